The molecule has 124 valence electrons. The molecule has 1 saturated heterocycles. The van der Waals surface area contributed by atoms with Crippen LogP contribution < -0.4 is 5.32 Å². The first-order valence-corrected chi connectivity index (χ1v) is 6.72. The molecule has 1 aliphatic heterocycles. The van der Waals surface area contributed by atoms with Gasteiger partial charge in [-0.25, -0.2) is 4.79 Å². The van der Waals surface area contributed by atoms with Crippen molar-refractivity contribution in [1.29, 1.82) is 0 Å². The second kappa shape index (κ2) is 7.18. The van der Waals surface area contributed by atoms with E-state index < -0.39 is 12.1 Å². The average Bonchev–Trinajstić information content (AvgIpc) is 3.19. The van der Waals surface area contributed by atoms with Gasteiger partial charge in [0.15, 0.2) is 5.82 Å². The van der Waals surface area contributed by atoms with Gasteiger partial charge in [0.1, 0.15) is 11.5 Å². The van der Waals surface area contributed by atoms with Crippen LogP contribution in [0.25, 0.3) is 11.5 Å². The highest BCUT2D eigenvalue weighted by molar-refractivity contribution is 5.73. The summed E-state index contributed by atoms with van der Waals surface area (Å²) in [5.41, 5.74) is 0.840. The van der Waals surface area contributed by atoms with Gasteiger partial charge in [0, 0.05) is 18.7 Å². The Hall–Kier alpha value is -2.49. The van der Waals surface area contributed by atoms with Gasteiger partial charge in [-0.05, 0) is 25.1 Å². The lowest BCUT2D eigenvalue weighted by Gasteiger charge is -2.01. The molecule has 0 radical (unpaired) electrons. The maximum absolute atomic E-state index is 10.6. The first-order chi connectivity index (χ1) is 10.9. The number of alkyl halides is 3. The Balaban J connectivity index is 0.000000236. The van der Waals surface area contributed by atoms with E-state index in [0.717, 1.165) is 36.9 Å². The van der Waals surface area contributed by atoms with Crippen LogP contribution in [0.15, 0.2) is 24.4 Å². The summed E-state index contributed by atoms with van der Waals surface area (Å²) in [6, 6.07) is 5.76. The van der Waals surface area contributed by atoms with Gasteiger partial charge in [0.05, 0.1) is 0 Å². The van der Waals surface area contributed by atoms with Crippen LogP contribution in [0.1, 0.15) is 18.2 Å². The number of halogens is 3. The molecular weight excluding hydrogens is 315 g/mol. The van der Waals surface area contributed by atoms with Crippen molar-refractivity contribution >= 4 is 5.97 Å². The Bertz CT molecular complexity index is 639. The predicted molar refractivity (Wildman–Crippen MR) is 73.5 cm³/mol. The van der Waals surface area contributed by atoms with Gasteiger partial charge in [0.2, 0.25) is 0 Å². The van der Waals surface area contributed by atoms with Gasteiger partial charge in [-0.1, -0.05) is 6.07 Å². The second-order valence-electron chi connectivity index (χ2n) is 4.77. The van der Waals surface area contributed by atoms with E-state index in [2.05, 4.69) is 25.5 Å². The molecular formula is C13H14F3N5O2. The van der Waals surface area contributed by atoms with Gasteiger partial charge in [-0.2, -0.15) is 13.2 Å². The molecule has 1 unspecified atom stereocenters. The first-order valence-electron chi connectivity index (χ1n) is 6.72. The largest absolute Gasteiger partial charge is 0.490 e. The molecule has 0 bridgehead atoms. The molecule has 2 aromatic heterocycles. The van der Waals surface area contributed by atoms with E-state index in [1.165, 1.54) is 0 Å². The molecule has 1 atom stereocenters. The number of hydrogen-bond donors (Lipinski definition) is 3. The summed E-state index contributed by atoms with van der Waals surface area (Å²) in [4.78, 5) is 16.4. The van der Waals surface area contributed by atoms with Gasteiger partial charge in [-0.3, -0.25) is 4.98 Å². The van der Waals surface area contributed by atoms with Crippen LogP contribution in [0.2, 0.25) is 0 Å². The molecule has 0 amide bonds. The van der Waals surface area contributed by atoms with Gasteiger partial charge < -0.3 is 15.4 Å². The zero-order valence-electron chi connectivity index (χ0n) is 11.8. The number of nitrogens with one attached hydrogen (secondary N) is 2. The van der Waals surface area contributed by atoms with E-state index in [0.29, 0.717) is 5.92 Å². The Morgan fingerprint density at radius 3 is 2.57 bits per heavy atom. The minimum absolute atomic E-state index is 0.463. The Morgan fingerprint density at radius 1 is 1.30 bits per heavy atom. The zero-order chi connectivity index (χ0) is 16.9. The third kappa shape index (κ3) is 4.74. The smallest absolute Gasteiger partial charge is 0.475 e. The maximum Gasteiger partial charge on any atom is 0.490 e. The zero-order valence-corrected chi connectivity index (χ0v) is 11.8. The number of pyridine rings is 1. The minimum atomic E-state index is -5.08. The van der Waals surface area contributed by atoms with E-state index in [1.54, 1.807) is 6.20 Å². The van der Waals surface area contributed by atoms with Crippen molar-refractivity contribution in [3.8, 4) is 11.5 Å². The normalized spacial score (nSPS) is 17.4. The van der Waals surface area contributed by atoms with Crippen molar-refractivity contribution in [3.63, 3.8) is 0 Å². The number of aromatic amines is 1. The van der Waals surface area contributed by atoms with E-state index in [1.807, 2.05) is 18.2 Å². The quantitative estimate of drug-likeness (QED) is 0.773. The molecule has 23 heavy (non-hydrogen) atoms. The highest BCUT2D eigenvalue weighted by Gasteiger charge is 2.38. The molecule has 0 aromatic carbocycles. The predicted octanol–water partition coefficient (Wildman–Crippen LogP) is 1.58. The highest BCUT2D eigenvalue weighted by Crippen LogP contribution is 2.20. The number of H-pyrrole nitrogens is 1. The molecule has 0 saturated carbocycles. The fourth-order valence-electron chi connectivity index (χ4n) is 1.97. The lowest BCUT2D eigenvalue weighted by atomic mass is 10.1. The van der Waals surface area contributed by atoms with Crippen molar-refractivity contribution in [2.75, 3.05) is 13.1 Å². The lowest BCUT2D eigenvalue weighted by molar-refractivity contribution is -0.192. The third-order valence-corrected chi connectivity index (χ3v) is 3.10. The van der Waals surface area contributed by atoms with Crippen LogP contribution >= 0.6 is 0 Å². The van der Waals surface area contributed by atoms with Crippen LogP contribution in [-0.2, 0) is 4.79 Å². The molecule has 2 aromatic rings. The van der Waals surface area contributed by atoms with Gasteiger partial charge >= 0.3 is 12.1 Å². The fourth-order valence-corrected chi connectivity index (χ4v) is 1.97. The fraction of sp³-hybridized carbons (Fsp3) is 0.385. The summed E-state index contributed by atoms with van der Waals surface area (Å²) in [6.45, 7) is 2.04. The molecule has 10 heteroatoms. The number of hydrogen-bond acceptors (Lipinski definition) is 5. The summed E-state index contributed by atoms with van der Waals surface area (Å²) >= 11 is 0. The van der Waals surface area contributed by atoms with E-state index in [4.69, 9.17) is 9.90 Å². The van der Waals surface area contributed by atoms with Gasteiger partial charge in [-0.15, -0.1) is 10.2 Å². The number of aliphatic carboxylic acids is 1. The summed E-state index contributed by atoms with van der Waals surface area (Å²) in [6.07, 6.45) is -2.20. The molecule has 3 rings (SSSR count). The standard InChI is InChI=1S/C11H13N5.C2HF3O2/c1-2-5-13-9(3-1)11-14-10(15-16-11)8-4-6-12-7-8;3-2(4,5)1(6)7/h1-3,5,8,12H,4,6-7H2,(H,14,15,16);(H,6,7). The lowest BCUT2D eigenvalue weighted by Crippen LogP contribution is -2.21. The number of carbonyl (C=O) groups is 1. The maximum atomic E-state index is 10.6. The third-order valence-electron chi connectivity index (χ3n) is 3.10. The Labute approximate surface area is 129 Å². The van der Waals surface area contributed by atoms with Crippen molar-refractivity contribution < 1.29 is 23.1 Å². The van der Waals surface area contributed by atoms with Crippen molar-refractivity contribution in [2.45, 2.75) is 18.5 Å². The molecule has 3 heterocycles. The van der Waals surface area contributed by atoms with Crippen LogP contribution in [0.4, 0.5) is 13.2 Å². The van der Waals surface area contributed by atoms with Crippen LogP contribution in [0, 0.1) is 0 Å². The van der Waals surface area contributed by atoms with E-state index in [-0.39, 0.29) is 0 Å². The van der Waals surface area contributed by atoms with E-state index >= 15 is 0 Å². The van der Waals surface area contributed by atoms with Crippen molar-refractivity contribution in [2.24, 2.45) is 0 Å². The summed E-state index contributed by atoms with van der Waals surface area (Å²) in [7, 11) is 0. The number of rotatable bonds is 2. The molecule has 3 N–H and O–H groups in total. The number of carboxylic acids is 1. The van der Waals surface area contributed by atoms with E-state index in [9.17, 15) is 13.2 Å². The second-order valence-corrected chi connectivity index (χ2v) is 4.77. The summed E-state index contributed by atoms with van der Waals surface area (Å²) < 4.78 is 31.7. The number of nitrogens with zero attached hydrogens (tertiary/aromatic N) is 3. The SMILES string of the molecule is O=C(O)C(F)(F)F.c1ccc(-c2nnc(C3CCNC3)[nH]2)nc1. The highest BCUT2D eigenvalue weighted by atomic mass is 19.4. The van der Waals surface area contributed by atoms with Crippen molar-refractivity contribution in [3.05, 3.63) is 30.2 Å². The molecule has 0 spiro atoms. The molecule has 1 aliphatic rings. The van der Waals surface area contributed by atoms with Crippen LogP contribution in [0.3, 0.4) is 0 Å². The summed E-state index contributed by atoms with van der Waals surface area (Å²) in [5, 5.41) is 18.8. The topological polar surface area (TPSA) is 104 Å². The summed E-state index contributed by atoms with van der Waals surface area (Å²) in [5.74, 6) is -0.578. The van der Waals surface area contributed by atoms with Gasteiger partial charge in [0.25, 0.3) is 0 Å². The average molecular weight is 329 g/mol. The number of carboxylic acid groups (broad SMARTS) is 1. The molecule has 1 fully saturated rings. The van der Waals surface area contributed by atoms with Crippen molar-refractivity contribution in [1.82, 2.24) is 25.5 Å². The van der Waals surface area contributed by atoms with Crippen LogP contribution in [-0.4, -0.2) is 50.5 Å². The Morgan fingerprint density at radius 2 is 2.04 bits per heavy atom. The monoisotopic (exact) mass is 329 g/mol. The minimum Gasteiger partial charge on any atom is -0.475 e. The molecule has 0 aliphatic carbocycles. The van der Waals surface area contributed by atoms with Crippen LogP contribution in [0.5, 0.6) is 0 Å². The number of aromatic nitrogens is 4. The molecule has 7 nitrogen and oxygen atoms in total. The first kappa shape index (κ1) is 16.9. The Kier molecular flexibility index (Phi) is 5.27.